The van der Waals surface area contributed by atoms with Crippen molar-refractivity contribution < 1.29 is 23.9 Å². The van der Waals surface area contributed by atoms with E-state index in [-0.39, 0.29) is 11.7 Å². The van der Waals surface area contributed by atoms with Crippen LogP contribution in [0.3, 0.4) is 0 Å². The van der Waals surface area contributed by atoms with Crippen LogP contribution in [0, 0.1) is 6.92 Å². The van der Waals surface area contributed by atoms with Gasteiger partial charge in [-0.3, -0.25) is 4.79 Å². The van der Waals surface area contributed by atoms with Crippen LogP contribution in [-0.2, 0) is 20.7 Å². The first-order valence-electron chi connectivity index (χ1n) is 9.06. The molecule has 0 saturated carbocycles. The number of nitrogens with zero attached hydrogens (tertiary/aromatic N) is 2. The smallest absolute Gasteiger partial charge is 0.355 e. The number of anilines is 1. The van der Waals surface area contributed by atoms with Crippen molar-refractivity contribution >= 4 is 23.7 Å². The summed E-state index contributed by atoms with van der Waals surface area (Å²) in [5.41, 5.74) is 1.45. The van der Waals surface area contributed by atoms with Gasteiger partial charge in [-0.2, -0.15) is 5.10 Å². The molecule has 152 valence electrons. The lowest BCUT2D eigenvalue weighted by Gasteiger charge is -2.15. The monoisotopic (exact) mass is 390 g/mol. The number of methoxy groups -OCH3 is 1. The van der Waals surface area contributed by atoms with Crippen LogP contribution in [0.15, 0.2) is 12.3 Å². The summed E-state index contributed by atoms with van der Waals surface area (Å²) in [5, 5.41) is 6.84. The second-order valence-electron chi connectivity index (χ2n) is 6.62. The zero-order valence-electron chi connectivity index (χ0n) is 17.0. The number of amides is 1. The molecule has 2 aromatic rings. The molecule has 0 radical (unpaired) electrons. The van der Waals surface area contributed by atoms with Crippen molar-refractivity contribution in [2.45, 2.75) is 53.2 Å². The van der Waals surface area contributed by atoms with Crippen LogP contribution in [0.2, 0.25) is 0 Å². The molecule has 9 heteroatoms. The van der Waals surface area contributed by atoms with Crippen molar-refractivity contribution in [1.29, 1.82) is 0 Å². The molecule has 0 fully saturated rings. The number of aromatic amines is 1. The average molecular weight is 390 g/mol. The van der Waals surface area contributed by atoms with Crippen LogP contribution >= 0.6 is 0 Å². The second-order valence-corrected chi connectivity index (χ2v) is 6.62. The maximum atomic E-state index is 12.5. The van der Waals surface area contributed by atoms with Gasteiger partial charge in [-0.15, -0.1) is 0 Å². The fourth-order valence-corrected chi connectivity index (χ4v) is 2.83. The minimum Gasteiger partial charge on any atom is -0.465 e. The zero-order chi connectivity index (χ0) is 21.0. The van der Waals surface area contributed by atoms with Gasteiger partial charge in [0.25, 0.3) is 5.91 Å². The summed E-state index contributed by atoms with van der Waals surface area (Å²) in [4.78, 5) is 39.8. The number of hydrogen-bond acceptors (Lipinski definition) is 6. The van der Waals surface area contributed by atoms with Gasteiger partial charge in [-0.1, -0.05) is 6.92 Å². The maximum absolute atomic E-state index is 12.5. The number of hydrogen-bond donors (Lipinski definition) is 2. The third-order valence-electron chi connectivity index (χ3n) is 4.34. The molecule has 1 atom stereocenters. The number of ether oxygens (including phenoxy) is 2. The van der Waals surface area contributed by atoms with Gasteiger partial charge in [0.15, 0.2) is 6.10 Å². The molecule has 0 aliphatic heterocycles. The predicted molar refractivity (Wildman–Crippen MR) is 102 cm³/mol. The molecule has 2 heterocycles. The van der Waals surface area contributed by atoms with Gasteiger partial charge in [0.05, 0.1) is 18.9 Å². The Labute approximate surface area is 163 Å². The summed E-state index contributed by atoms with van der Waals surface area (Å²) in [6.45, 7) is 8.82. The second kappa shape index (κ2) is 8.73. The third kappa shape index (κ3) is 4.24. The molecule has 0 saturated heterocycles. The lowest BCUT2D eigenvalue weighted by atomic mass is 10.1. The van der Waals surface area contributed by atoms with E-state index < -0.39 is 23.9 Å². The lowest BCUT2D eigenvalue weighted by Crippen LogP contribution is -2.31. The van der Waals surface area contributed by atoms with E-state index >= 15 is 0 Å². The molecule has 0 bridgehead atoms. The normalized spacial score (nSPS) is 12.0. The molecule has 1 unspecified atom stereocenters. The number of carbonyl (C=O) groups is 3. The number of H-pyrrole nitrogens is 1. The van der Waals surface area contributed by atoms with E-state index in [4.69, 9.17) is 9.47 Å². The van der Waals surface area contributed by atoms with Crippen molar-refractivity contribution in [1.82, 2.24) is 14.8 Å². The van der Waals surface area contributed by atoms with Crippen molar-refractivity contribution in [2.75, 3.05) is 12.4 Å². The summed E-state index contributed by atoms with van der Waals surface area (Å²) in [5.74, 6) is -1.22. The van der Waals surface area contributed by atoms with E-state index in [0.29, 0.717) is 29.1 Å². The van der Waals surface area contributed by atoms with E-state index in [2.05, 4.69) is 15.4 Å². The molecule has 0 spiro atoms. The first-order chi connectivity index (χ1) is 13.2. The number of carbonyl (C=O) groups excluding carboxylic acids is 3. The Morgan fingerprint density at radius 2 is 1.93 bits per heavy atom. The molecule has 2 rings (SSSR count). The van der Waals surface area contributed by atoms with Crippen molar-refractivity contribution in [2.24, 2.45) is 0 Å². The fraction of sp³-hybridized carbons (Fsp3) is 0.474. The molecular weight excluding hydrogens is 364 g/mol. The topological polar surface area (TPSA) is 115 Å². The van der Waals surface area contributed by atoms with E-state index in [0.717, 1.165) is 0 Å². The highest BCUT2D eigenvalue weighted by molar-refractivity contribution is 6.00. The number of rotatable bonds is 7. The maximum Gasteiger partial charge on any atom is 0.355 e. The Bertz CT molecular complexity index is 881. The number of nitrogens with one attached hydrogen (secondary N) is 2. The van der Waals surface area contributed by atoms with Crippen LogP contribution in [0.5, 0.6) is 0 Å². The number of aryl methyl sites for hydroxylation is 1. The van der Waals surface area contributed by atoms with E-state index in [9.17, 15) is 14.4 Å². The highest BCUT2D eigenvalue weighted by atomic mass is 16.5. The number of aromatic nitrogens is 3. The van der Waals surface area contributed by atoms with Gasteiger partial charge < -0.3 is 19.8 Å². The zero-order valence-corrected chi connectivity index (χ0v) is 17.0. The standard InChI is InChI=1S/C19H26N4O5/c1-7-13-15(18(25)27-6)11(4)16(21-13)19(26)28-12(5)17(24)22-14-8-9-20-23(14)10(2)3/h8-10,12,21H,7H2,1-6H3,(H,22,24). The molecule has 2 aromatic heterocycles. The Balaban J connectivity index is 2.14. The fourth-order valence-electron chi connectivity index (χ4n) is 2.83. The van der Waals surface area contributed by atoms with E-state index in [1.165, 1.54) is 14.0 Å². The van der Waals surface area contributed by atoms with Crippen molar-refractivity contribution in [3.05, 3.63) is 34.8 Å². The molecule has 0 aliphatic carbocycles. The van der Waals surface area contributed by atoms with Gasteiger partial charge in [0.1, 0.15) is 11.5 Å². The summed E-state index contributed by atoms with van der Waals surface area (Å²) < 4.78 is 11.7. The van der Waals surface area contributed by atoms with Gasteiger partial charge in [0, 0.05) is 17.8 Å². The van der Waals surface area contributed by atoms with Gasteiger partial charge >= 0.3 is 11.9 Å². The van der Waals surface area contributed by atoms with Gasteiger partial charge in [-0.25, -0.2) is 14.3 Å². The Kier molecular flexibility index (Phi) is 6.61. The first-order valence-corrected chi connectivity index (χ1v) is 9.06. The molecule has 28 heavy (non-hydrogen) atoms. The summed E-state index contributed by atoms with van der Waals surface area (Å²) in [7, 11) is 1.28. The summed E-state index contributed by atoms with van der Waals surface area (Å²) >= 11 is 0. The van der Waals surface area contributed by atoms with E-state index in [1.807, 2.05) is 20.8 Å². The number of esters is 2. The summed E-state index contributed by atoms with van der Waals surface area (Å²) in [6, 6.07) is 1.73. The van der Waals surface area contributed by atoms with Gasteiger partial charge in [0.2, 0.25) is 0 Å². The van der Waals surface area contributed by atoms with Crippen LogP contribution in [0.1, 0.15) is 65.8 Å². The largest absolute Gasteiger partial charge is 0.465 e. The highest BCUT2D eigenvalue weighted by Gasteiger charge is 2.27. The highest BCUT2D eigenvalue weighted by Crippen LogP contribution is 2.21. The van der Waals surface area contributed by atoms with Crippen LogP contribution in [0.25, 0.3) is 0 Å². The quantitative estimate of drug-likeness (QED) is 0.702. The minimum atomic E-state index is -1.04. The Hall–Kier alpha value is -3.10. The van der Waals surface area contributed by atoms with Crippen LogP contribution in [0.4, 0.5) is 5.82 Å². The third-order valence-corrected chi connectivity index (χ3v) is 4.34. The molecule has 0 aliphatic rings. The first kappa shape index (κ1) is 21.2. The van der Waals surface area contributed by atoms with Crippen molar-refractivity contribution in [3.8, 4) is 0 Å². The van der Waals surface area contributed by atoms with Crippen LogP contribution < -0.4 is 5.32 Å². The summed E-state index contributed by atoms with van der Waals surface area (Å²) in [6.07, 6.45) is 1.04. The lowest BCUT2D eigenvalue weighted by molar-refractivity contribution is -0.123. The van der Waals surface area contributed by atoms with Crippen molar-refractivity contribution in [3.63, 3.8) is 0 Å². The molecule has 0 aromatic carbocycles. The minimum absolute atomic E-state index is 0.0638. The SMILES string of the molecule is CCc1[nH]c(C(=O)OC(C)C(=O)Nc2ccnn2C(C)C)c(C)c1C(=O)OC. The van der Waals surface area contributed by atoms with Crippen LogP contribution in [-0.4, -0.2) is 45.8 Å². The Morgan fingerprint density at radius 3 is 2.50 bits per heavy atom. The average Bonchev–Trinajstić information content (AvgIpc) is 3.24. The van der Waals surface area contributed by atoms with E-state index in [1.54, 1.807) is 23.9 Å². The molecule has 2 N–H and O–H groups in total. The molecule has 1 amide bonds. The molecule has 9 nitrogen and oxygen atoms in total. The predicted octanol–water partition coefficient (Wildman–Crippen LogP) is 2.63. The Morgan fingerprint density at radius 1 is 1.25 bits per heavy atom. The van der Waals surface area contributed by atoms with Gasteiger partial charge in [-0.05, 0) is 39.7 Å². The molecular formula is C19H26N4O5.